The Morgan fingerprint density at radius 2 is 1.43 bits per heavy atom. The van der Waals surface area contributed by atoms with E-state index in [-0.39, 0.29) is 26.2 Å². The van der Waals surface area contributed by atoms with Crippen molar-refractivity contribution in [2.24, 2.45) is 0 Å². The summed E-state index contributed by atoms with van der Waals surface area (Å²) in [5.74, 6) is 0. The van der Waals surface area contributed by atoms with Gasteiger partial charge in [0.05, 0.1) is 51.8 Å². The maximum Gasteiger partial charge on any atom is 0.383 e. The van der Waals surface area contributed by atoms with Gasteiger partial charge in [-0.3, -0.25) is 4.74 Å². The molecular weight excluding hydrogens is 608 g/mol. The second-order valence-electron chi connectivity index (χ2n) is 9.06. The molecule has 15 heteroatoms. The van der Waals surface area contributed by atoms with E-state index < -0.39 is 44.9 Å². The molecule has 0 radical (unpaired) electrons. The standard InChI is InChI=1S/C17H26F4O7S.C10H14O2S/c18-16(19,28-17(20,21)12-27-13-25-8-5-22)11-26-10-14(23)3-6-24-7-4-15-2-1-9-29-15;1-2-10(13-7-1)4-6-11-5-3-9-8-12-9/h1-2,9,14,22-23H,3-8,10-13H2;1-2,7,9H,3-6,8H2. The molecule has 2 aromatic rings. The number of ether oxygens (including phenoxy) is 7. The molecule has 2 unspecified atom stereocenters. The number of hydrogen-bond acceptors (Lipinski definition) is 11. The Labute approximate surface area is 251 Å². The van der Waals surface area contributed by atoms with E-state index in [1.54, 1.807) is 22.7 Å². The molecule has 0 spiro atoms. The lowest BCUT2D eigenvalue weighted by Gasteiger charge is -2.24. The molecule has 0 amide bonds. The van der Waals surface area contributed by atoms with E-state index in [4.69, 9.17) is 19.3 Å². The van der Waals surface area contributed by atoms with E-state index in [1.165, 1.54) is 4.88 Å². The second-order valence-corrected chi connectivity index (χ2v) is 11.1. The molecule has 0 bridgehead atoms. The van der Waals surface area contributed by atoms with Crippen LogP contribution in [-0.4, -0.2) is 107 Å². The topological polar surface area (TPSA) is 108 Å². The lowest BCUT2D eigenvalue weighted by Crippen LogP contribution is -2.40. The Hall–Kier alpha value is -1.24. The van der Waals surface area contributed by atoms with Gasteiger partial charge in [0.2, 0.25) is 0 Å². The number of aliphatic hydroxyl groups is 2. The molecule has 2 atom stereocenters. The first-order valence-electron chi connectivity index (χ1n) is 13.5. The maximum atomic E-state index is 13.4. The van der Waals surface area contributed by atoms with E-state index in [0.29, 0.717) is 12.7 Å². The summed E-state index contributed by atoms with van der Waals surface area (Å²) in [6.07, 6.45) is -6.15. The molecule has 1 aliphatic heterocycles. The number of halogens is 4. The summed E-state index contributed by atoms with van der Waals surface area (Å²) in [6, 6.07) is 8.13. The summed E-state index contributed by atoms with van der Waals surface area (Å²) in [5, 5.41) is 22.1. The van der Waals surface area contributed by atoms with Gasteiger partial charge in [-0.25, -0.2) is 0 Å². The Morgan fingerprint density at radius 1 is 0.833 bits per heavy atom. The fourth-order valence-electron chi connectivity index (χ4n) is 3.15. The van der Waals surface area contributed by atoms with Crippen LogP contribution >= 0.6 is 22.7 Å². The van der Waals surface area contributed by atoms with Crippen LogP contribution in [0.4, 0.5) is 17.6 Å². The highest BCUT2D eigenvalue weighted by Gasteiger charge is 2.44. The minimum absolute atomic E-state index is 0.140. The highest BCUT2D eigenvalue weighted by Crippen LogP contribution is 2.27. The van der Waals surface area contributed by atoms with Gasteiger partial charge in [-0.1, -0.05) is 12.1 Å². The van der Waals surface area contributed by atoms with E-state index in [2.05, 4.69) is 36.5 Å². The third-order valence-electron chi connectivity index (χ3n) is 5.28. The molecule has 0 aliphatic carbocycles. The molecule has 9 nitrogen and oxygen atoms in total. The van der Waals surface area contributed by atoms with Crippen molar-refractivity contribution in [3.63, 3.8) is 0 Å². The van der Waals surface area contributed by atoms with Crippen molar-refractivity contribution in [2.45, 2.75) is 50.1 Å². The number of aliphatic hydroxyl groups excluding tert-OH is 2. The number of rotatable bonds is 24. The zero-order chi connectivity index (χ0) is 30.5. The minimum Gasteiger partial charge on any atom is -0.394 e. The van der Waals surface area contributed by atoms with Gasteiger partial charge in [0.1, 0.15) is 20.0 Å². The summed E-state index contributed by atoms with van der Waals surface area (Å²) in [5.41, 5.74) is 0. The second kappa shape index (κ2) is 21.5. The van der Waals surface area contributed by atoms with E-state index in [1.807, 2.05) is 17.5 Å². The zero-order valence-electron chi connectivity index (χ0n) is 23.3. The molecule has 1 saturated heterocycles. The van der Waals surface area contributed by atoms with Gasteiger partial charge in [0, 0.05) is 35.8 Å². The molecule has 242 valence electrons. The average molecular weight is 649 g/mol. The summed E-state index contributed by atoms with van der Waals surface area (Å²) < 4.78 is 86.3. The third-order valence-corrected chi connectivity index (χ3v) is 7.15. The molecule has 3 rings (SSSR count). The van der Waals surface area contributed by atoms with E-state index >= 15 is 0 Å². The van der Waals surface area contributed by atoms with Crippen LogP contribution < -0.4 is 0 Å². The fourth-order valence-corrected chi connectivity index (χ4v) is 4.53. The van der Waals surface area contributed by atoms with Gasteiger partial charge in [-0.2, -0.15) is 17.6 Å². The van der Waals surface area contributed by atoms with Crippen molar-refractivity contribution in [2.75, 3.05) is 72.9 Å². The van der Waals surface area contributed by atoms with Crippen LogP contribution in [0.25, 0.3) is 0 Å². The van der Waals surface area contributed by atoms with Crippen molar-refractivity contribution in [3.8, 4) is 0 Å². The molecule has 3 heterocycles. The predicted octanol–water partition coefficient (Wildman–Crippen LogP) is 4.36. The first-order valence-corrected chi connectivity index (χ1v) is 15.2. The van der Waals surface area contributed by atoms with Crippen molar-refractivity contribution in [1.82, 2.24) is 0 Å². The van der Waals surface area contributed by atoms with Gasteiger partial charge < -0.3 is 38.6 Å². The molecule has 2 N–H and O–H groups in total. The normalized spacial score (nSPS) is 15.8. The van der Waals surface area contributed by atoms with Gasteiger partial charge in [0.15, 0.2) is 0 Å². The highest BCUT2D eigenvalue weighted by molar-refractivity contribution is 7.10. The Kier molecular flexibility index (Phi) is 18.9. The average Bonchev–Trinajstić information content (AvgIpc) is 3.34. The van der Waals surface area contributed by atoms with Crippen LogP contribution in [0.15, 0.2) is 35.0 Å². The van der Waals surface area contributed by atoms with E-state index in [0.717, 1.165) is 44.0 Å². The summed E-state index contributed by atoms with van der Waals surface area (Å²) in [7, 11) is 0. The van der Waals surface area contributed by atoms with Crippen molar-refractivity contribution in [1.29, 1.82) is 0 Å². The van der Waals surface area contributed by atoms with Crippen LogP contribution in [-0.2, 0) is 46.0 Å². The van der Waals surface area contributed by atoms with Crippen LogP contribution in [0, 0.1) is 0 Å². The van der Waals surface area contributed by atoms with Gasteiger partial charge in [-0.05, 0) is 35.7 Å². The first-order chi connectivity index (χ1) is 20.2. The maximum absolute atomic E-state index is 13.4. The van der Waals surface area contributed by atoms with Crippen LogP contribution in [0.2, 0.25) is 0 Å². The quantitative estimate of drug-likeness (QED) is 0.0744. The summed E-state index contributed by atoms with van der Waals surface area (Å²) >= 11 is 3.40. The van der Waals surface area contributed by atoms with Gasteiger partial charge >= 0.3 is 12.2 Å². The van der Waals surface area contributed by atoms with Crippen LogP contribution in [0.3, 0.4) is 0 Å². The number of hydrogen-bond donors (Lipinski definition) is 2. The number of thiophene rings is 2. The summed E-state index contributed by atoms with van der Waals surface area (Å²) in [4.78, 5) is 2.57. The van der Waals surface area contributed by atoms with Crippen molar-refractivity contribution < 1.29 is 60.9 Å². The monoisotopic (exact) mass is 648 g/mol. The number of alkyl halides is 4. The Bertz CT molecular complexity index is 888. The predicted molar refractivity (Wildman–Crippen MR) is 148 cm³/mol. The number of epoxide rings is 1. The van der Waals surface area contributed by atoms with Crippen LogP contribution in [0.1, 0.15) is 22.6 Å². The Morgan fingerprint density at radius 3 is 1.98 bits per heavy atom. The van der Waals surface area contributed by atoms with Gasteiger partial charge in [0.25, 0.3) is 0 Å². The lowest BCUT2D eigenvalue weighted by molar-refractivity contribution is -0.396. The highest BCUT2D eigenvalue weighted by atomic mass is 32.1. The minimum atomic E-state index is -4.28. The van der Waals surface area contributed by atoms with Crippen molar-refractivity contribution in [3.05, 3.63) is 44.8 Å². The molecule has 0 saturated carbocycles. The molecular formula is C27H40F4O9S2. The SMILES string of the molecule is OCCOCOCC(F)(F)OC(F)(F)COCC(O)CCOCCc1cccs1.c1csc(CCOCCC2CO2)c1. The smallest absolute Gasteiger partial charge is 0.383 e. The lowest BCUT2D eigenvalue weighted by atomic mass is 10.3. The third kappa shape index (κ3) is 19.9. The summed E-state index contributed by atoms with van der Waals surface area (Å²) in [6.45, 7) is -1.19. The molecule has 1 fully saturated rings. The van der Waals surface area contributed by atoms with Crippen LogP contribution in [0.5, 0.6) is 0 Å². The molecule has 2 aromatic heterocycles. The Balaban J connectivity index is 0.000000389. The largest absolute Gasteiger partial charge is 0.394 e. The van der Waals surface area contributed by atoms with Gasteiger partial charge in [-0.15, -0.1) is 22.7 Å². The zero-order valence-corrected chi connectivity index (χ0v) is 24.9. The molecule has 42 heavy (non-hydrogen) atoms. The fraction of sp³-hybridized carbons (Fsp3) is 0.704. The molecule has 0 aromatic carbocycles. The first kappa shape index (κ1) is 36.9. The van der Waals surface area contributed by atoms with Crippen molar-refractivity contribution >= 4 is 22.7 Å². The van der Waals surface area contributed by atoms with E-state index in [9.17, 15) is 22.7 Å². The molecule has 1 aliphatic rings.